The predicted molar refractivity (Wildman–Crippen MR) is 95.1 cm³/mol. The number of fused-ring (bicyclic) bond motifs is 1. The summed E-state index contributed by atoms with van der Waals surface area (Å²) in [7, 11) is 0. The van der Waals surface area contributed by atoms with Gasteiger partial charge in [-0.15, -0.1) is 0 Å². The Balaban J connectivity index is 1.62. The number of rotatable bonds is 4. The Morgan fingerprint density at radius 1 is 1.04 bits per heavy atom. The van der Waals surface area contributed by atoms with Gasteiger partial charge >= 0.3 is 0 Å². The highest BCUT2D eigenvalue weighted by Crippen LogP contribution is 2.20. The summed E-state index contributed by atoms with van der Waals surface area (Å²) in [5.41, 5.74) is 2.85. The third-order valence-electron chi connectivity index (χ3n) is 4.06. The molecule has 2 aromatic carbocycles. The fraction of sp³-hybridized carbons (Fsp3) is 0.105. The zero-order chi connectivity index (χ0) is 17.2. The standard InChI is InChI=1S/C19H16FN5/c1-13(14-6-8-15(20)9-7-14)23-18-10-21-11-19(24-18)25-12-22-16-4-2-3-5-17(16)25/h2-13H,1H3,(H,23,24). The van der Waals surface area contributed by atoms with Crippen molar-refractivity contribution in [3.63, 3.8) is 0 Å². The van der Waals surface area contributed by atoms with Gasteiger partial charge in [-0.05, 0) is 36.8 Å². The highest BCUT2D eigenvalue weighted by Gasteiger charge is 2.09. The summed E-state index contributed by atoms with van der Waals surface area (Å²) in [6.07, 6.45) is 5.10. The second-order valence-electron chi connectivity index (χ2n) is 5.78. The van der Waals surface area contributed by atoms with Crippen molar-refractivity contribution in [3.8, 4) is 5.82 Å². The van der Waals surface area contributed by atoms with Crippen molar-refractivity contribution in [1.29, 1.82) is 0 Å². The average Bonchev–Trinajstić information content (AvgIpc) is 3.06. The number of hydrogen-bond donors (Lipinski definition) is 1. The quantitative estimate of drug-likeness (QED) is 0.610. The van der Waals surface area contributed by atoms with Gasteiger partial charge in [-0.2, -0.15) is 0 Å². The van der Waals surface area contributed by atoms with Gasteiger partial charge in [-0.1, -0.05) is 24.3 Å². The van der Waals surface area contributed by atoms with E-state index >= 15 is 0 Å². The maximum atomic E-state index is 13.1. The third-order valence-corrected chi connectivity index (χ3v) is 4.06. The van der Waals surface area contributed by atoms with Crippen molar-refractivity contribution in [2.24, 2.45) is 0 Å². The van der Waals surface area contributed by atoms with E-state index in [-0.39, 0.29) is 11.9 Å². The van der Waals surface area contributed by atoms with Gasteiger partial charge in [0.25, 0.3) is 0 Å². The van der Waals surface area contributed by atoms with Crippen LogP contribution in [0.3, 0.4) is 0 Å². The molecule has 124 valence electrons. The van der Waals surface area contributed by atoms with Crippen LogP contribution in [0.25, 0.3) is 16.9 Å². The van der Waals surface area contributed by atoms with Crippen LogP contribution in [0.15, 0.2) is 67.3 Å². The number of nitrogens with zero attached hydrogens (tertiary/aromatic N) is 4. The normalized spacial score (nSPS) is 12.2. The summed E-state index contributed by atoms with van der Waals surface area (Å²) < 4.78 is 15.0. The molecule has 0 bridgehead atoms. The Labute approximate surface area is 144 Å². The first kappa shape index (κ1) is 15.3. The molecule has 2 aromatic heterocycles. The van der Waals surface area contributed by atoms with Gasteiger partial charge in [0.15, 0.2) is 5.82 Å². The van der Waals surface area contributed by atoms with E-state index in [0.29, 0.717) is 11.6 Å². The highest BCUT2D eigenvalue weighted by atomic mass is 19.1. The van der Waals surface area contributed by atoms with Crippen LogP contribution >= 0.6 is 0 Å². The maximum Gasteiger partial charge on any atom is 0.159 e. The molecule has 0 aliphatic heterocycles. The highest BCUT2D eigenvalue weighted by molar-refractivity contribution is 5.76. The Kier molecular flexibility index (Phi) is 3.85. The maximum absolute atomic E-state index is 13.1. The van der Waals surface area contributed by atoms with E-state index in [0.717, 1.165) is 16.6 Å². The van der Waals surface area contributed by atoms with Gasteiger partial charge < -0.3 is 5.32 Å². The lowest BCUT2D eigenvalue weighted by Gasteiger charge is -2.15. The topological polar surface area (TPSA) is 55.6 Å². The van der Waals surface area contributed by atoms with E-state index in [1.54, 1.807) is 30.9 Å². The van der Waals surface area contributed by atoms with Gasteiger partial charge in [0.1, 0.15) is 18.0 Å². The summed E-state index contributed by atoms with van der Waals surface area (Å²) in [5.74, 6) is 1.09. The molecule has 1 atom stereocenters. The fourth-order valence-corrected chi connectivity index (χ4v) is 2.74. The molecule has 0 radical (unpaired) electrons. The zero-order valence-electron chi connectivity index (χ0n) is 13.6. The summed E-state index contributed by atoms with van der Waals surface area (Å²) in [6, 6.07) is 14.3. The van der Waals surface area contributed by atoms with Crippen LogP contribution in [0.4, 0.5) is 10.2 Å². The van der Waals surface area contributed by atoms with Crippen molar-refractivity contribution in [1.82, 2.24) is 19.5 Å². The van der Waals surface area contributed by atoms with Crippen LogP contribution in [-0.2, 0) is 0 Å². The molecule has 5 nitrogen and oxygen atoms in total. The van der Waals surface area contributed by atoms with E-state index < -0.39 is 0 Å². The molecular weight excluding hydrogens is 317 g/mol. The Morgan fingerprint density at radius 2 is 1.84 bits per heavy atom. The first-order valence-corrected chi connectivity index (χ1v) is 7.97. The van der Waals surface area contributed by atoms with E-state index in [2.05, 4.69) is 20.3 Å². The van der Waals surface area contributed by atoms with Gasteiger partial charge in [0, 0.05) is 6.04 Å². The van der Waals surface area contributed by atoms with Crippen molar-refractivity contribution in [2.75, 3.05) is 5.32 Å². The molecule has 0 aliphatic rings. The monoisotopic (exact) mass is 333 g/mol. The Bertz CT molecular complexity index is 1010. The summed E-state index contributed by atoms with van der Waals surface area (Å²) in [6.45, 7) is 1.99. The van der Waals surface area contributed by atoms with Crippen LogP contribution in [0.5, 0.6) is 0 Å². The van der Waals surface area contributed by atoms with Crippen molar-refractivity contribution in [2.45, 2.75) is 13.0 Å². The molecule has 0 spiro atoms. The molecular formula is C19H16FN5. The number of para-hydroxylation sites is 2. The van der Waals surface area contributed by atoms with E-state index in [9.17, 15) is 4.39 Å². The summed E-state index contributed by atoms with van der Waals surface area (Å²) >= 11 is 0. The summed E-state index contributed by atoms with van der Waals surface area (Å²) in [4.78, 5) is 13.3. The lowest BCUT2D eigenvalue weighted by atomic mass is 10.1. The lowest BCUT2D eigenvalue weighted by Crippen LogP contribution is -2.09. The molecule has 4 aromatic rings. The second kappa shape index (κ2) is 6.32. The minimum Gasteiger partial charge on any atom is -0.362 e. The van der Waals surface area contributed by atoms with Crippen LogP contribution < -0.4 is 5.32 Å². The molecule has 0 saturated heterocycles. The molecule has 25 heavy (non-hydrogen) atoms. The molecule has 0 amide bonds. The number of nitrogens with one attached hydrogen (secondary N) is 1. The number of aromatic nitrogens is 4. The number of benzene rings is 2. The van der Waals surface area contributed by atoms with Crippen molar-refractivity contribution >= 4 is 16.9 Å². The van der Waals surface area contributed by atoms with Gasteiger partial charge in [-0.3, -0.25) is 9.55 Å². The summed E-state index contributed by atoms with van der Waals surface area (Å²) in [5, 5.41) is 3.30. The Morgan fingerprint density at radius 3 is 2.68 bits per heavy atom. The number of imidazole rings is 1. The van der Waals surface area contributed by atoms with Gasteiger partial charge in [0.2, 0.25) is 0 Å². The molecule has 0 saturated carbocycles. The Hall–Kier alpha value is -3.28. The second-order valence-corrected chi connectivity index (χ2v) is 5.78. The van der Waals surface area contributed by atoms with Crippen molar-refractivity contribution < 1.29 is 4.39 Å². The molecule has 0 aliphatic carbocycles. The van der Waals surface area contributed by atoms with Crippen LogP contribution in [0, 0.1) is 5.82 Å². The zero-order valence-corrected chi connectivity index (χ0v) is 13.6. The molecule has 1 N–H and O–H groups in total. The molecule has 2 heterocycles. The minimum absolute atomic E-state index is 0.0234. The van der Waals surface area contributed by atoms with E-state index in [4.69, 9.17) is 0 Å². The molecule has 6 heteroatoms. The van der Waals surface area contributed by atoms with Crippen LogP contribution in [0.1, 0.15) is 18.5 Å². The fourth-order valence-electron chi connectivity index (χ4n) is 2.74. The van der Waals surface area contributed by atoms with Gasteiger partial charge in [0.05, 0.1) is 23.4 Å². The van der Waals surface area contributed by atoms with Gasteiger partial charge in [-0.25, -0.2) is 14.4 Å². The minimum atomic E-state index is -0.246. The average molecular weight is 333 g/mol. The molecule has 4 rings (SSSR count). The first-order chi connectivity index (χ1) is 12.2. The van der Waals surface area contributed by atoms with Crippen LogP contribution in [-0.4, -0.2) is 19.5 Å². The number of halogens is 1. The van der Waals surface area contributed by atoms with E-state index in [1.165, 1.54) is 12.1 Å². The third kappa shape index (κ3) is 3.06. The molecule has 0 fully saturated rings. The smallest absolute Gasteiger partial charge is 0.159 e. The lowest BCUT2D eigenvalue weighted by molar-refractivity contribution is 0.626. The number of anilines is 1. The number of hydrogen-bond acceptors (Lipinski definition) is 4. The molecule has 1 unspecified atom stereocenters. The van der Waals surface area contributed by atoms with Crippen molar-refractivity contribution in [3.05, 3.63) is 78.6 Å². The largest absolute Gasteiger partial charge is 0.362 e. The first-order valence-electron chi connectivity index (χ1n) is 7.97. The predicted octanol–water partition coefficient (Wildman–Crippen LogP) is 4.13. The van der Waals surface area contributed by atoms with Crippen LogP contribution in [0.2, 0.25) is 0 Å². The van der Waals surface area contributed by atoms with E-state index in [1.807, 2.05) is 35.8 Å². The SMILES string of the molecule is CC(Nc1cncc(-n2cnc3ccccc32)n1)c1ccc(F)cc1.